The third-order valence-electron chi connectivity index (χ3n) is 3.20. The van der Waals surface area contributed by atoms with E-state index >= 15 is 0 Å². The maximum Gasteiger partial charge on any atom is 0.307 e. The number of carbonyl (C=O) groups is 2. The zero-order valence-electron chi connectivity index (χ0n) is 9.88. The Morgan fingerprint density at radius 2 is 2.00 bits per heavy atom. The topological polar surface area (TPSA) is 71.1 Å². The summed E-state index contributed by atoms with van der Waals surface area (Å²) < 4.78 is 20.0. The van der Waals surface area contributed by atoms with Crippen LogP contribution in [-0.2, 0) is 28.5 Å². The highest BCUT2D eigenvalue weighted by atomic mass is 16.7. The molecule has 2 rings (SSSR count). The summed E-state index contributed by atoms with van der Waals surface area (Å²) in [6.45, 7) is 0. The quantitative estimate of drug-likeness (QED) is 0.503. The van der Waals surface area contributed by atoms with Gasteiger partial charge in [-0.2, -0.15) is 0 Å². The van der Waals surface area contributed by atoms with Crippen molar-refractivity contribution in [2.24, 2.45) is 0 Å². The first-order valence-corrected chi connectivity index (χ1v) is 5.59. The fraction of sp³-hybridized carbons (Fsp3) is 0.800. The van der Waals surface area contributed by atoms with Crippen molar-refractivity contribution >= 4 is 19.2 Å². The molecule has 6 nitrogen and oxygen atoms in total. The Hall–Kier alpha value is -1.08. The zero-order chi connectivity index (χ0) is 12.4. The molecular formula is C10H15BO6. The highest BCUT2D eigenvalue weighted by Crippen LogP contribution is 2.35. The van der Waals surface area contributed by atoms with Crippen molar-refractivity contribution in [3.8, 4) is 0 Å². The van der Waals surface area contributed by atoms with E-state index in [1.165, 1.54) is 14.2 Å². The lowest BCUT2D eigenvalue weighted by Gasteiger charge is -2.15. The van der Waals surface area contributed by atoms with Gasteiger partial charge in [0.25, 0.3) is 0 Å². The Kier molecular flexibility index (Phi) is 3.68. The van der Waals surface area contributed by atoms with Gasteiger partial charge in [0.2, 0.25) is 6.29 Å². The smallest absolute Gasteiger partial charge is 0.307 e. The SMILES string of the molecule is COC1CC(BC2CC(=O)OC2OC)C(=O)O1. The monoisotopic (exact) mass is 242 g/mol. The normalized spacial score (nSPS) is 36.8. The van der Waals surface area contributed by atoms with Crippen LogP contribution in [-0.4, -0.2) is 46.0 Å². The Morgan fingerprint density at radius 3 is 2.59 bits per heavy atom. The summed E-state index contributed by atoms with van der Waals surface area (Å²) in [5.41, 5.74) is 0. The molecule has 2 fully saturated rings. The van der Waals surface area contributed by atoms with Crippen molar-refractivity contribution in [3.05, 3.63) is 0 Å². The first-order valence-electron chi connectivity index (χ1n) is 5.59. The number of hydrogen-bond acceptors (Lipinski definition) is 6. The van der Waals surface area contributed by atoms with E-state index < -0.39 is 12.6 Å². The van der Waals surface area contributed by atoms with E-state index in [2.05, 4.69) is 0 Å². The van der Waals surface area contributed by atoms with Crippen molar-refractivity contribution < 1.29 is 28.5 Å². The number of ether oxygens (including phenoxy) is 4. The first-order chi connectivity index (χ1) is 8.13. The first kappa shape index (κ1) is 12.4. The van der Waals surface area contributed by atoms with Gasteiger partial charge in [-0.05, 0) is 0 Å². The van der Waals surface area contributed by atoms with Gasteiger partial charge in [0.15, 0.2) is 13.6 Å². The zero-order valence-corrected chi connectivity index (χ0v) is 9.88. The fourth-order valence-electron chi connectivity index (χ4n) is 2.32. The minimum Gasteiger partial charge on any atom is -0.436 e. The molecule has 17 heavy (non-hydrogen) atoms. The molecule has 0 radical (unpaired) electrons. The molecule has 2 aliphatic heterocycles. The van der Waals surface area contributed by atoms with Gasteiger partial charge in [0.05, 0.1) is 0 Å². The minimum absolute atomic E-state index is 0.0827. The molecule has 0 aromatic carbocycles. The Labute approximate surface area is 99.8 Å². The summed E-state index contributed by atoms with van der Waals surface area (Å²) in [5.74, 6) is -0.875. The largest absolute Gasteiger partial charge is 0.436 e. The molecule has 0 aromatic heterocycles. The summed E-state index contributed by atoms with van der Waals surface area (Å²) in [5, 5.41) is 0. The van der Waals surface area contributed by atoms with Crippen LogP contribution >= 0.6 is 0 Å². The number of cyclic esters (lactones) is 2. The second kappa shape index (κ2) is 5.06. The molecular weight excluding hydrogens is 227 g/mol. The van der Waals surface area contributed by atoms with Crippen LogP contribution in [0.4, 0.5) is 0 Å². The maximum atomic E-state index is 11.5. The molecule has 0 bridgehead atoms. The average Bonchev–Trinajstić information content (AvgIpc) is 2.83. The number of rotatable bonds is 4. The molecule has 94 valence electrons. The molecule has 2 saturated heterocycles. The highest BCUT2D eigenvalue weighted by molar-refractivity contribution is 6.46. The van der Waals surface area contributed by atoms with Crippen LogP contribution in [0, 0.1) is 0 Å². The van der Waals surface area contributed by atoms with Gasteiger partial charge in [-0.25, -0.2) is 0 Å². The van der Waals surface area contributed by atoms with E-state index in [1.807, 2.05) is 0 Å². The van der Waals surface area contributed by atoms with Gasteiger partial charge < -0.3 is 18.9 Å². The predicted molar refractivity (Wildman–Crippen MR) is 57.7 cm³/mol. The van der Waals surface area contributed by atoms with Crippen LogP contribution in [0.5, 0.6) is 0 Å². The van der Waals surface area contributed by atoms with Gasteiger partial charge in [-0.1, -0.05) is 0 Å². The predicted octanol–water partition coefficient (Wildman–Crippen LogP) is -0.161. The van der Waals surface area contributed by atoms with Crippen molar-refractivity contribution in [1.29, 1.82) is 0 Å². The van der Waals surface area contributed by atoms with E-state index in [0.717, 1.165) is 0 Å². The molecule has 0 aliphatic carbocycles. The van der Waals surface area contributed by atoms with Crippen LogP contribution in [0.25, 0.3) is 0 Å². The van der Waals surface area contributed by atoms with Crippen molar-refractivity contribution in [2.75, 3.05) is 14.2 Å². The summed E-state index contributed by atoms with van der Waals surface area (Å²) in [6, 6.07) is 0. The number of carbonyl (C=O) groups excluding carboxylic acids is 2. The summed E-state index contributed by atoms with van der Waals surface area (Å²) >= 11 is 0. The van der Waals surface area contributed by atoms with E-state index in [-0.39, 0.29) is 23.6 Å². The van der Waals surface area contributed by atoms with E-state index in [1.54, 1.807) is 0 Å². The molecule has 0 spiro atoms. The van der Waals surface area contributed by atoms with E-state index in [9.17, 15) is 9.59 Å². The van der Waals surface area contributed by atoms with Gasteiger partial charge in [-0.3, -0.25) is 9.59 Å². The number of esters is 2. The summed E-state index contributed by atoms with van der Waals surface area (Å²) in [7, 11) is 3.52. The molecule has 0 N–H and O–H groups in total. The van der Waals surface area contributed by atoms with Crippen molar-refractivity contribution in [1.82, 2.24) is 0 Å². The van der Waals surface area contributed by atoms with Gasteiger partial charge >= 0.3 is 11.9 Å². The standard InChI is InChI=1S/C10H15BO6/c1-14-8-4-5(9(13)17-8)11-6-3-7(12)16-10(6)15-2/h5-6,8,10-11H,3-4H2,1-2H3. The van der Waals surface area contributed by atoms with Crippen LogP contribution in [0.1, 0.15) is 12.8 Å². The Balaban J connectivity index is 1.92. The molecule has 4 unspecified atom stereocenters. The third-order valence-corrected chi connectivity index (χ3v) is 3.20. The Morgan fingerprint density at radius 1 is 1.24 bits per heavy atom. The minimum atomic E-state index is -0.545. The second-order valence-corrected chi connectivity index (χ2v) is 4.33. The van der Waals surface area contributed by atoms with Crippen LogP contribution in [0.15, 0.2) is 0 Å². The Bertz CT molecular complexity index is 320. The lowest BCUT2D eigenvalue weighted by Crippen LogP contribution is -2.23. The van der Waals surface area contributed by atoms with Gasteiger partial charge in [-0.15, -0.1) is 0 Å². The summed E-state index contributed by atoms with van der Waals surface area (Å²) in [4.78, 5) is 22.7. The highest BCUT2D eigenvalue weighted by Gasteiger charge is 2.43. The number of methoxy groups -OCH3 is 2. The lowest BCUT2D eigenvalue weighted by atomic mass is 9.53. The molecule has 2 aliphatic rings. The van der Waals surface area contributed by atoms with Crippen molar-refractivity contribution in [3.63, 3.8) is 0 Å². The van der Waals surface area contributed by atoms with Crippen LogP contribution in [0.3, 0.4) is 0 Å². The van der Waals surface area contributed by atoms with Gasteiger partial charge in [0, 0.05) is 38.7 Å². The molecule has 2 heterocycles. The maximum absolute atomic E-state index is 11.5. The van der Waals surface area contributed by atoms with Crippen LogP contribution in [0.2, 0.25) is 11.6 Å². The molecule has 0 amide bonds. The van der Waals surface area contributed by atoms with Crippen LogP contribution < -0.4 is 0 Å². The lowest BCUT2D eigenvalue weighted by molar-refractivity contribution is -0.158. The van der Waals surface area contributed by atoms with Gasteiger partial charge in [0.1, 0.15) is 0 Å². The van der Waals surface area contributed by atoms with E-state index in [0.29, 0.717) is 20.1 Å². The molecule has 4 atom stereocenters. The third kappa shape index (κ3) is 2.61. The molecule has 0 aromatic rings. The van der Waals surface area contributed by atoms with E-state index in [4.69, 9.17) is 18.9 Å². The average molecular weight is 242 g/mol. The molecule has 7 heteroatoms. The second-order valence-electron chi connectivity index (χ2n) is 4.33. The molecule has 0 saturated carbocycles. The fourth-order valence-corrected chi connectivity index (χ4v) is 2.32. The van der Waals surface area contributed by atoms with Crippen molar-refractivity contribution in [2.45, 2.75) is 37.1 Å². The number of hydrogen-bond donors (Lipinski definition) is 0. The summed E-state index contributed by atoms with van der Waals surface area (Å²) in [6.07, 6.45) is -0.195.